The zero-order valence-corrected chi connectivity index (χ0v) is 13.2. The summed E-state index contributed by atoms with van der Waals surface area (Å²) in [5.41, 5.74) is 7.61. The van der Waals surface area contributed by atoms with Crippen molar-refractivity contribution in [1.82, 2.24) is 9.80 Å². The highest BCUT2D eigenvalue weighted by atomic mass is 16.5. The van der Waals surface area contributed by atoms with E-state index < -0.39 is 0 Å². The molecule has 2 heterocycles. The van der Waals surface area contributed by atoms with E-state index in [9.17, 15) is 0 Å². The second kappa shape index (κ2) is 5.95. The summed E-state index contributed by atoms with van der Waals surface area (Å²) >= 11 is 0. The predicted octanol–water partition coefficient (Wildman–Crippen LogP) is 1.69. The molecule has 1 fully saturated rings. The summed E-state index contributed by atoms with van der Waals surface area (Å²) in [6.45, 7) is 10.1. The Bertz CT molecular complexity index is 491. The summed E-state index contributed by atoms with van der Waals surface area (Å²) in [5.74, 6) is 1.03. The second-order valence-corrected chi connectivity index (χ2v) is 6.62. The molecule has 0 saturated carbocycles. The molecule has 1 atom stereocenters. The van der Waals surface area contributed by atoms with Crippen LogP contribution >= 0.6 is 0 Å². The van der Waals surface area contributed by atoms with Gasteiger partial charge in [0.05, 0.1) is 0 Å². The number of benzene rings is 1. The Kier molecular flexibility index (Phi) is 4.20. The van der Waals surface area contributed by atoms with Gasteiger partial charge in [-0.1, -0.05) is 18.2 Å². The zero-order chi connectivity index (χ0) is 14.9. The van der Waals surface area contributed by atoms with Crippen LogP contribution < -0.4 is 10.5 Å². The molecular weight excluding hydrogens is 262 g/mol. The molecule has 2 aliphatic heterocycles. The summed E-state index contributed by atoms with van der Waals surface area (Å²) < 4.78 is 5.91. The Hall–Kier alpha value is -1.10. The minimum Gasteiger partial charge on any atom is -0.492 e. The van der Waals surface area contributed by atoms with Crippen LogP contribution in [0.5, 0.6) is 5.75 Å². The van der Waals surface area contributed by atoms with Crippen molar-refractivity contribution in [3.63, 3.8) is 0 Å². The highest BCUT2D eigenvalue weighted by molar-refractivity contribution is 5.34. The zero-order valence-electron chi connectivity index (χ0n) is 13.2. The van der Waals surface area contributed by atoms with Crippen molar-refractivity contribution in [2.45, 2.75) is 38.4 Å². The third-order valence-electron chi connectivity index (χ3n) is 5.10. The van der Waals surface area contributed by atoms with Gasteiger partial charge in [0, 0.05) is 49.9 Å². The minimum atomic E-state index is 0.102. The fourth-order valence-electron chi connectivity index (χ4n) is 3.61. The van der Waals surface area contributed by atoms with E-state index in [2.05, 4.69) is 41.8 Å². The Morgan fingerprint density at radius 1 is 1.29 bits per heavy atom. The highest BCUT2D eigenvalue weighted by Gasteiger charge is 2.43. The smallest absolute Gasteiger partial charge is 0.123 e. The number of para-hydroxylation sites is 1. The standard InChI is InChI=1S/C17H27N3O/c1-14(2)19-8-7-17(12-18,13-19)20-9-10-21-16-6-4-3-5-15(16)11-20/h3-6,14H,7-13,18H2,1-2H3. The molecule has 0 aliphatic carbocycles. The van der Waals surface area contributed by atoms with Crippen molar-refractivity contribution in [2.75, 3.05) is 32.8 Å². The van der Waals surface area contributed by atoms with Crippen LogP contribution in [0.3, 0.4) is 0 Å². The lowest BCUT2D eigenvalue weighted by Crippen LogP contribution is -2.56. The monoisotopic (exact) mass is 289 g/mol. The first kappa shape index (κ1) is 14.8. The van der Waals surface area contributed by atoms with E-state index in [-0.39, 0.29) is 5.54 Å². The van der Waals surface area contributed by atoms with Crippen molar-refractivity contribution in [1.29, 1.82) is 0 Å². The van der Waals surface area contributed by atoms with E-state index in [4.69, 9.17) is 10.5 Å². The molecule has 0 bridgehead atoms. The van der Waals surface area contributed by atoms with E-state index >= 15 is 0 Å². The van der Waals surface area contributed by atoms with Crippen LogP contribution in [0.15, 0.2) is 24.3 Å². The second-order valence-electron chi connectivity index (χ2n) is 6.62. The number of likely N-dealkylation sites (tertiary alicyclic amines) is 1. The number of ether oxygens (including phenoxy) is 1. The van der Waals surface area contributed by atoms with Gasteiger partial charge in [-0.15, -0.1) is 0 Å². The molecule has 1 aromatic carbocycles. The fraction of sp³-hybridized carbons (Fsp3) is 0.647. The average molecular weight is 289 g/mol. The van der Waals surface area contributed by atoms with Gasteiger partial charge in [0.15, 0.2) is 0 Å². The van der Waals surface area contributed by atoms with Crippen molar-refractivity contribution in [3.8, 4) is 5.75 Å². The van der Waals surface area contributed by atoms with Crippen molar-refractivity contribution >= 4 is 0 Å². The third kappa shape index (κ3) is 2.80. The minimum absolute atomic E-state index is 0.102. The normalized spacial score (nSPS) is 27.4. The van der Waals surface area contributed by atoms with Gasteiger partial charge >= 0.3 is 0 Å². The van der Waals surface area contributed by atoms with Crippen LogP contribution in [0, 0.1) is 0 Å². The molecule has 0 aromatic heterocycles. The van der Waals surface area contributed by atoms with Gasteiger partial charge in [-0.2, -0.15) is 0 Å². The quantitative estimate of drug-likeness (QED) is 0.919. The van der Waals surface area contributed by atoms with E-state index in [1.165, 1.54) is 5.56 Å². The van der Waals surface area contributed by atoms with Crippen LogP contribution in [0.25, 0.3) is 0 Å². The van der Waals surface area contributed by atoms with Gasteiger partial charge in [0.2, 0.25) is 0 Å². The molecule has 116 valence electrons. The summed E-state index contributed by atoms with van der Waals surface area (Å²) in [6.07, 6.45) is 1.16. The molecule has 0 radical (unpaired) electrons. The van der Waals surface area contributed by atoms with Crippen LogP contribution in [0.4, 0.5) is 0 Å². The van der Waals surface area contributed by atoms with Crippen LogP contribution in [0.1, 0.15) is 25.8 Å². The Morgan fingerprint density at radius 2 is 2.10 bits per heavy atom. The molecule has 4 nitrogen and oxygen atoms in total. The Balaban J connectivity index is 1.82. The maximum Gasteiger partial charge on any atom is 0.123 e. The number of nitrogens with two attached hydrogens (primary N) is 1. The fourth-order valence-corrected chi connectivity index (χ4v) is 3.61. The van der Waals surface area contributed by atoms with Gasteiger partial charge < -0.3 is 10.5 Å². The molecular formula is C17H27N3O. The SMILES string of the molecule is CC(C)N1CCC(CN)(N2CCOc3ccccc3C2)C1. The maximum atomic E-state index is 6.22. The summed E-state index contributed by atoms with van der Waals surface area (Å²) in [5, 5.41) is 0. The lowest BCUT2D eigenvalue weighted by molar-refractivity contribution is 0.0797. The molecule has 2 aliphatic rings. The summed E-state index contributed by atoms with van der Waals surface area (Å²) in [4.78, 5) is 5.10. The van der Waals surface area contributed by atoms with Crippen LogP contribution in [-0.4, -0.2) is 54.2 Å². The number of rotatable bonds is 3. The molecule has 0 spiro atoms. The van der Waals surface area contributed by atoms with Gasteiger partial charge in [-0.25, -0.2) is 0 Å². The molecule has 3 rings (SSSR count). The van der Waals surface area contributed by atoms with E-state index in [0.717, 1.165) is 51.5 Å². The molecule has 2 N–H and O–H groups in total. The van der Waals surface area contributed by atoms with E-state index in [1.807, 2.05) is 6.07 Å². The number of hydrogen-bond acceptors (Lipinski definition) is 4. The van der Waals surface area contributed by atoms with Crippen molar-refractivity contribution in [3.05, 3.63) is 29.8 Å². The van der Waals surface area contributed by atoms with Crippen molar-refractivity contribution in [2.24, 2.45) is 5.73 Å². The third-order valence-corrected chi connectivity index (χ3v) is 5.10. The van der Waals surface area contributed by atoms with Gasteiger partial charge in [0.25, 0.3) is 0 Å². The first-order valence-corrected chi connectivity index (χ1v) is 8.04. The summed E-state index contributed by atoms with van der Waals surface area (Å²) in [6, 6.07) is 8.98. The van der Waals surface area contributed by atoms with E-state index in [0.29, 0.717) is 6.04 Å². The average Bonchev–Trinajstić information content (AvgIpc) is 2.82. The topological polar surface area (TPSA) is 41.7 Å². The summed E-state index contributed by atoms with van der Waals surface area (Å²) in [7, 11) is 0. The first-order valence-electron chi connectivity index (χ1n) is 8.04. The molecule has 21 heavy (non-hydrogen) atoms. The van der Waals surface area contributed by atoms with Crippen LogP contribution in [0.2, 0.25) is 0 Å². The molecule has 0 amide bonds. The lowest BCUT2D eigenvalue weighted by atomic mass is 9.95. The number of fused-ring (bicyclic) bond motifs is 1. The molecule has 1 unspecified atom stereocenters. The first-order chi connectivity index (χ1) is 10.1. The molecule has 1 saturated heterocycles. The van der Waals surface area contributed by atoms with Gasteiger partial charge in [-0.05, 0) is 26.3 Å². The number of hydrogen-bond donors (Lipinski definition) is 1. The van der Waals surface area contributed by atoms with Crippen LogP contribution in [-0.2, 0) is 6.54 Å². The van der Waals surface area contributed by atoms with Crippen molar-refractivity contribution < 1.29 is 4.74 Å². The lowest BCUT2D eigenvalue weighted by Gasteiger charge is -2.40. The largest absolute Gasteiger partial charge is 0.492 e. The molecule has 1 aromatic rings. The predicted molar refractivity (Wildman–Crippen MR) is 85.5 cm³/mol. The van der Waals surface area contributed by atoms with E-state index in [1.54, 1.807) is 0 Å². The highest BCUT2D eigenvalue weighted by Crippen LogP contribution is 2.33. The Labute approximate surface area is 127 Å². The maximum absolute atomic E-state index is 6.22. The van der Waals surface area contributed by atoms with Gasteiger partial charge in [0.1, 0.15) is 12.4 Å². The molecule has 4 heteroatoms. The van der Waals surface area contributed by atoms with Gasteiger partial charge in [-0.3, -0.25) is 9.80 Å². The Morgan fingerprint density at radius 3 is 2.81 bits per heavy atom. The number of nitrogens with zero attached hydrogens (tertiary/aromatic N) is 2.